The number of nitrogens with one attached hydrogen (secondary N) is 2. The third-order valence-corrected chi connectivity index (χ3v) is 2.42. The van der Waals surface area contributed by atoms with Crippen LogP contribution >= 0.6 is 15.9 Å². The lowest BCUT2D eigenvalue weighted by Gasteiger charge is -2.02. The molecule has 0 spiro atoms. The highest BCUT2D eigenvalue weighted by Crippen LogP contribution is 2.13. The second-order valence-electron chi connectivity index (χ2n) is 3.09. The molecule has 2 aromatic rings. The molecule has 0 unspecified atom stereocenters. The van der Waals surface area contributed by atoms with Crippen molar-refractivity contribution in [3.05, 3.63) is 40.3 Å². The molecule has 0 aromatic carbocycles. The minimum absolute atomic E-state index is 0.283. The second kappa shape index (κ2) is 4.76. The topological polar surface area (TPSA) is 94.5 Å². The van der Waals surface area contributed by atoms with Gasteiger partial charge in [-0.2, -0.15) is 10.4 Å². The summed E-state index contributed by atoms with van der Waals surface area (Å²) < 4.78 is 0.565. The van der Waals surface area contributed by atoms with E-state index in [4.69, 9.17) is 5.26 Å². The van der Waals surface area contributed by atoms with Crippen LogP contribution in [0.15, 0.2) is 29.1 Å². The molecule has 2 rings (SSSR count). The molecule has 2 aromatic heterocycles. The summed E-state index contributed by atoms with van der Waals surface area (Å²) >= 11 is 3.17. The van der Waals surface area contributed by atoms with E-state index >= 15 is 0 Å². The van der Waals surface area contributed by atoms with E-state index in [9.17, 15) is 4.79 Å². The normalized spacial score (nSPS) is 9.65. The predicted octanol–water partition coefficient (Wildman–Crippen LogP) is 1.69. The van der Waals surface area contributed by atoms with E-state index in [1.54, 1.807) is 12.1 Å². The van der Waals surface area contributed by atoms with Crippen LogP contribution in [0.2, 0.25) is 0 Å². The number of aromatic nitrogens is 3. The second-order valence-corrected chi connectivity index (χ2v) is 3.90. The van der Waals surface area contributed by atoms with Crippen LogP contribution in [0.1, 0.15) is 15.9 Å². The number of rotatable bonds is 2. The lowest BCUT2D eigenvalue weighted by molar-refractivity contribution is 0.102. The van der Waals surface area contributed by atoms with Crippen molar-refractivity contribution in [1.82, 2.24) is 15.2 Å². The molecule has 6 nitrogen and oxygen atoms in total. The third-order valence-electron chi connectivity index (χ3n) is 1.99. The van der Waals surface area contributed by atoms with E-state index in [1.807, 2.05) is 6.07 Å². The van der Waals surface area contributed by atoms with Crippen LogP contribution < -0.4 is 5.32 Å². The maximum Gasteiger partial charge on any atom is 0.256 e. The number of carbonyl (C=O) groups excluding carboxylic acids is 1. The number of nitrogens with zero attached hydrogens (tertiary/aromatic N) is 3. The lowest BCUT2D eigenvalue weighted by Crippen LogP contribution is -2.13. The van der Waals surface area contributed by atoms with Crippen molar-refractivity contribution < 1.29 is 4.79 Å². The zero-order valence-electron chi connectivity index (χ0n) is 8.44. The summed E-state index contributed by atoms with van der Waals surface area (Å²) in [6, 6.07) is 5.07. The van der Waals surface area contributed by atoms with Gasteiger partial charge < -0.3 is 5.32 Å². The molecule has 2 N–H and O–H groups in total. The van der Waals surface area contributed by atoms with Crippen LogP contribution in [-0.4, -0.2) is 21.1 Å². The van der Waals surface area contributed by atoms with Crippen molar-refractivity contribution in [3.63, 3.8) is 0 Å². The van der Waals surface area contributed by atoms with Gasteiger partial charge in [-0.1, -0.05) is 0 Å². The van der Waals surface area contributed by atoms with Crippen molar-refractivity contribution in [3.8, 4) is 6.07 Å². The minimum Gasteiger partial charge on any atom is -0.306 e. The number of aromatic amines is 1. The number of hydrogen-bond donors (Lipinski definition) is 2. The van der Waals surface area contributed by atoms with Gasteiger partial charge in [0, 0.05) is 11.8 Å². The zero-order chi connectivity index (χ0) is 12.3. The Kier molecular flexibility index (Phi) is 3.16. The van der Waals surface area contributed by atoms with Gasteiger partial charge in [0.15, 0.2) is 0 Å². The van der Waals surface area contributed by atoms with Crippen molar-refractivity contribution in [1.29, 1.82) is 5.26 Å². The van der Waals surface area contributed by atoms with Crippen molar-refractivity contribution in [2.45, 2.75) is 0 Å². The van der Waals surface area contributed by atoms with Gasteiger partial charge in [0.25, 0.3) is 5.91 Å². The Morgan fingerprint density at radius 2 is 2.41 bits per heavy atom. The maximum atomic E-state index is 11.8. The number of halogens is 1. The first-order valence-corrected chi connectivity index (χ1v) is 5.36. The van der Waals surface area contributed by atoms with Gasteiger partial charge in [0.05, 0.1) is 6.20 Å². The molecular formula is C10H6BrN5O. The van der Waals surface area contributed by atoms with E-state index in [2.05, 4.69) is 36.4 Å². The van der Waals surface area contributed by atoms with Gasteiger partial charge >= 0.3 is 0 Å². The molecule has 0 aliphatic carbocycles. The fourth-order valence-electron chi connectivity index (χ4n) is 1.20. The Balaban J connectivity index is 2.21. The molecule has 0 bridgehead atoms. The summed E-state index contributed by atoms with van der Waals surface area (Å²) in [5.41, 5.74) is 0.719. The maximum absolute atomic E-state index is 11.8. The van der Waals surface area contributed by atoms with Crippen LogP contribution in [0.5, 0.6) is 0 Å². The smallest absolute Gasteiger partial charge is 0.256 e. The molecule has 0 saturated heterocycles. The van der Waals surface area contributed by atoms with Gasteiger partial charge in [-0.25, -0.2) is 4.98 Å². The largest absolute Gasteiger partial charge is 0.306 e. The molecule has 1 amide bonds. The Morgan fingerprint density at radius 3 is 3.12 bits per heavy atom. The molecule has 0 aliphatic heterocycles. The summed E-state index contributed by atoms with van der Waals surface area (Å²) in [5, 5.41) is 17.5. The lowest BCUT2D eigenvalue weighted by atomic mass is 10.2. The summed E-state index contributed by atoms with van der Waals surface area (Å²) in [6.07, 6.45) is 2.86. The zero-order valence-corrected chi connectivity index (χ0v) is 10.0. The average Bonchev–Trinajstić information content (AvgIpc) is 2.76. The molecule has 84 valence electrons. The van der Waals surface area contributed by atoms with Crippen LogP contribution in [0.3, 0.4) is 0 Å². The van der Waals surface area contributed by atoms with Crippen LogP contribution in [-0.2, 0) is 0 Å². The van der Waals surface area contributed by atoms with Crippen LogP contribution in [0.25, 0.3) is 0 Å². The molecule has 0 aliphatic rings. The fraction of sp³-hybridized carbons (Fsp3) is 0. The van der Waals surface area contributed by atoms with Crippen LogP contribution in [0.4, 0.5) is 5.82 Å². The number of H-pyrrole nitrogens is 1. The SMILES string of the molecule is N#Cc1cn[nH]c1NC(=O)c1ccnc(Br)c1. The number of carbonyl (C=O) groups is 1. The predicted molar refractivity (Wildman–Crippen MR) is 63.2 cm³/mol. The Morgan fingerprint density at radius 1 is 1.59 bits per heavy atom. The Labute approximate surface area is 105 Å². The van der Waals surface area contributed by atoms with Crippen molar-refractivity contribution in [2.75, 3.05) is 5.32 Å². The molecule has 17 heavy (non-hydrogen) atoms. The Bertz CT molecular complexity index is 601. The van der Waals surface area contributed by atoms with Gasteiger partial charge in [-0.15, -0.1) is 0 Å². The van der Waals surface area contributed by atoms with Gasteiger partial charge in [0.1, 0.15) is 22.1 Å². The third kappa shape index (κ3) is 2.49. The first-order chi connectivity index (χ1) is 8.20. The van der Waals surface area contributed by atoms with Gasteiger partial charge in [0.2, 0.25) is 0 Å². The minimum atomic E-state index is -0.339. The first-order valence-electron chi connectivity index (χ1n) is 4.57. The standard InChI is InChI=1S/C10H6BrN5O/c11-8-3-6(1-2-13-8)10(17)15-9-7(4-12)5-14-16-9/h1-3,5H,(H2,14,15,16,17). The highest BCUT2D eigenvalue weighted by Gasteiger charge is 2.10. The van der Waals surface area contributed by atoms with Crippen molar-refractivity contribution >= 4 is 27.7 Å². The summed E-state index contributed by atoms with van der Waals surface area (Å²) in [5.74, 6) is -0.0562. The highest BCUT2D eigenvalue weighted by atomic mass is 79.9. The van der Waals surface area contributed by atoms with E-state index < -0.39 is 0 Å². The number of hydrogen-bond acceptors (Lipinski definition) is 4. The van der Waals surface area contributed by atoms with E-state index in [0.717, 1.165) is 0 Å². The molecule has 2 heterocycles. The van der Waals surface area contributed by atoms with Crippen molar-refractivity contribution in [2.24, 2.45) is 0 Å². The number of nitriles is 1. The number of anilines is 1. The molecule has 7 heteroatoms. The summed E-state index contributed by atoms with van der Waals surface area (Å²) in [4.78, 5) is 15.7. The molecule has 0 atom stereocenters. The number of pyridine rings is 1. The molecule has 0 radical (unpaired) electrons. The first kappa shape index (κ1) is 11.3. The van der Waals surface area contributed by atoms with E-state index in [0.29, 0.717) is 10.2 Å². The van der Waals surface area contributed by atoms with E-state index in [1.165, 1.54) is 12.4 Å². The molecule has 0 saturated carbocycles. The summed E-state index contributed by atoms with van der Waals surface area (Å²) in [7, 11) is 0. The van der Waals surface area contributed by atoms with Crippen LogP contribution in [0, 0.1) is 11.3 Å². The monoisotopic (exact) mass is 291 g/mol. The van der Waals surface area contributed by atoms with E-state index in [-0.39, 0.29) is 17.3 Å². The summed E-state index contributed by atoms with van der Waals surface area (Å²) in [6.45, 7) is 0. The molecule has 0 fully saturated rings. The molecular weight excluding hydrogens is 286 g/mol. The Hall–Kier alpha value is -2.20. The highest BCUT2D eigenvalue weighted by molar-refractivity contribution is 9.10. The average molecular weight is 292 g/mol. The van der Waals surface area contributed by atoms with Gasteiger partial charge in [-0.3, -0.25) is 9.89 Å². The van der Waals surface area contributed by atoms with Gasteiger partial charge in [-0.05, 0) is 28.1 Å². The quantitative estimate of drug-likeness (QED) is 0.823. The fourth-order valence-corrected chi connectivity index (χ4v) is 1.56. The number of amides is 1.